The summed E-state index contributed by atoms with van der Waals surface area (Å²) in [6.07, 6.45) is 4.63. The maximum Gasteiger partial charge on any atom is 0.116 e. The fourth-order valence-corrected chi connectivity index (χ4v) is 2.74. The van der Waals surface area contributed by atoms with E-state index in [0.717, 1.165) is 24.6 Å². The minimum absolute atomic E-state index is 0.397. The fourth-order valence-electron chi connectivity index (χ4n) is 2.74. The van der Waals surface area contributed by atoms with Crippen molar-refractivity contribution in [2.45, 2.75) is 12.3 Å². The van der Waals surface area contributed by atoms with Gasteiger partial charge in [-0.15, -0.1) is 6.58 Å². The second-order valence-corrected chi connectivity index (χ2v) is 5.01. The van der Waals surface area contributed by atoms with Gasteiger partial charge in [0.15, 0.2) is 0 Å². The van der Waals surface area contributed by atoms with Crippen molar-refractivity contribution in [2.75, 3.05) is 20.1 Å². The van der Waals surface area contributed by atoms with Gasteiger partial charge in [0.2, 0.25) is 0 Å². The molecule has 1 unspecified atom stereocenters. The molecule has 19 heavy (non-hydrogen) atoms. The number of benzene rings is 1. The van der Waals surface area contributed by atoms with Gasteiger partial charge in [-0.3, -0.25) is 4.99 Å². The van der Waals surface area contributed by atoms with Crippen molar-refractivity contribution in [3.05, 3.63) is 48.9 Å². The van der Waals surface area contributed by atoms with Crippen molar-refractivity contribution < 1.29 is 4.42 Å². The molecule has 0 saturated carbocycles. The lowest BCUT2D eigenvalue weighted by molar-refractivity contribution is 0.443. The van der Waals surface area contributed by atoms with Crippen LogP contribution in [0.3, 0.4) is 0 Å². The number of amidine groups is 1. The maximum absolute atomic E-state index is 5.80. The summed E-state index contributed by atoms with van der Waals surface area (Å²) in [6.45, 7) is 5.36. The standard InChI is InChI=1S/C16H18N2O/c1-3-8-17-15-9-13(10-18(15)2)16-14-7-5-4-6-12(14)11-19-16/h3-7,11,13H,1,8-10H2,2H3. The van der Waals surface area contributed by atoms with Crippen molar-refractivity contribution in [3.8, 4) is 0 Å². The van der Waals surface area contributed by atoms with Crippen LogP contribution in [0, 0.1) is 0 Å². The minimum Gasteiger partial charge on any atom is -0.468 e. The van der Waals surface area contributed by atoms with Crippen LogP contribution in [0.25, 0.3) is 10.8 Å². The van der Waals surface area contributed by atoms with Crippen LogP contribution in [0.5, 0.6) is 0 Å². The highest BCUT2D eigenvalue weighted by Gasteiger charge is 2.29. The summed E-state index contributed by atoms with van der Waals surface area (Å²) in [5.41, 5.74) is 0. The number of hydrogen-bond acceptors (Lipinski definition) is 2. The number of fused-ring (bicyclic) bond motifs is 1. The van der Waals surface area contributed by atoms with Crippen LogP contribution in [0.1, 0.15) is 18.1 Å². The summed E-state index contributed by atoms with van der Waals surface area (Å²) in [7, 11) is 2.09. The van der Waals surface area contributed by atoms with E-state index in [1.54, 1.807) is 0 Å². The van der Waals surface area contributed by atoms with Gasteiger partial charge in [-0.25, -0.2) is 0 Å². The molecule has 0 aliphatic carbocycles. The van der Waals surface area contributed by atoms with E-state index in [2.05, 4.69) is 41.7 Å². The highest BCUT2D eigenvalue weighted by Crippen LogP contribution is 2.34. The number of rotatable bonds is 3. The first-order chi connectivity index (χ1) is 9.29. The lowest BCUT2D eigenvalue weighted by Crippen LogP contribution is -2.19. The number of likely N-dealkylation sites (N-methyl/N-ethyl adjacent to an activating group) is 1. The molecule has 0 radical (unpaired) electrons. The van der Waals surface area contributed by atoms with Crippen LogP contribution in [-0.4, -0.2) is 30.9 Å². The van der Waals surface area contributed by atoms with Crippen LogP contribution in [0.15, 0.2) is 52.6 Å². The third-order valence-corrected chi connectivity index (χ3v) is 3.68. The average molecular weight is 254 g/mol. The normalized spacial score (nSPS) is 21.4. The molecular formula is C16H18N2O. The molecule has 1 aliphatic rings. The zero-order chi connectivity index (χ0) is 13.2. The molecule has 1 aromatic carbocycles. The van der Waals surface area contributed by atoms with E-state index in [1.807, 2.05) is 18.4 Å². The minimum atomic E-state index is 0.397. The quantitative estimate of drug-likeness (QED) is 0.785. The summed E-state index contributed by atoms with van der Waals surface area (Å²) >= 11 is 0. The summed E-state index contributed by atoms with van der Waals surface area (Å²) in [6, 6.07) is 8.33. The molecule has 2 heterocycles. The molecule has 3 rings (SSSR count). The van der Waals surface area contributed by atoms with Crippen molar-refractivity contribution in [1.82, 2.24) is 4.90 Å². The Hall–Kier alpha value is -2.03. The van der Waals surface area contributed by atoms with Gasteiger partial charge in [0.05, 0.1) is 18.6 Å². The lowest BCUT2D eigenvalue weighted by atomic mass is 10.0. The second-order valence-electron chi connectivity index (χ2n) is 5.01. The molecular weight excluding hydrogens is 236 g/mol. The van der Waals surface area contributed by atoms with E-state index < -0.39 is 0 Å². The van der Waals surface area contributed by atoms with Gasteiger partial charge in [0.25, 0.3) is 0 Å². The molecule has 1 fully saturated rings. The molecule has 1 atom stereocenters. The molecule has 0 amide bonds. The first kappa shape index (κ1) is 12.0. The molecule has 98 valence electrons. The molecule has 0 spiro atoms. The van der Waals surface area contributed by atoms with Crippen molar-refractivity contribution in [1.29, 1.82) is 0 Å². The fraction of sp³-hybridized carbons (Fsp3) is 0.312. The molecule has 1 saturated heterocycles. The maximum atomic E-state index is 5.80. The number of aliphatic imine (C=N–C) groups is 1. The first-order valence-electron chi connectivity index (χ1n) is 6.61. The van der Waals surface area contributed by atoms with Gasteiger partial charge in [-0.2, -0.15) is 0 Å². The Kier molecular flexibility index (Phi) is 3.11. The van der Waals surface area contributed by atoms with Gasteiger partial charge in [-0.1, -0.05) is 30.3 Å². The SMILES string of the molecule is C=CCN=C1CC(c2occ3ccccc23)CN1C. The smallest absolute Gasteiger partial charge is 0.116 e. The summed E-state index contributed by atoms with van der Waals surface area (Å²) in [5, 5.41) is 2.41. The van der Waals surface area contributed by atoms with Crippen molar-refractivity contribution >= 4 is 16.6 Å². The van der Waals surface area contributed by atoms with Crippen LogP contribution in [-0.2, 0) is 0 Å². The van der Waals surface area contributed by atoms with Crippen LogP contribution in [0.2, 0.25) is 0 Å². The number of likely N-dealkylation sites (tertiary alicyclic amines) is 1. The van der Waals surface area contributed by atoms with Gasteiger partial charge < -0.3 is 9.32 Å². The van der Waals surface area contributed by atoms with E-state index in [-0.39, 0.29) is 0 Å². The largest absolute Gasteiger partial charge is 0.468 e. The average Bonchev–Trinajstić information content (AvgIpc) is 3.00. The highest BCUT2D eigenvalue weighted by atomic mass is 16.3. The molecule has 1 aromatic heterocycles. The van der Waals surface area contributed by atoms with E-state index in [9.17, 15) is 0 Å². The van der Waals surface area contributed by atoms with E-state index in [0.29, 0.717) is 12.5 Å². The monoisotopic (exact) mass is 254 g/mol. The Labute approximate surface area is 113 Å². The van der Waals surface area contributed by atoms with Crippen LogP contribution < -0.4 is 0 Å². The summed E-state index contributed by atoms with van der Waals surface area (Å²) in [4.78, 5) is 6.76. The number of furan rings is 1. The molecule has 3 heteroatoms. The number of hydrogen-bond donors (Lipinski definition) is 0. The van der Waals surface area contributed by atoms with E-state index >= 15 is 0 Å². The molecule has 3 nitrogen and oxygen atoms in total. The van der Waals surface area contributed by atoms with E-state index in [4.69, 9.17) is 4.42 Å². The Bertz CT molecular complexity index is 626. The molecule has 0 N–H and O–H groups in total. The van der Waals surface area contributed by atoms with Crippen LogP contribution in [0.4, 0.5) is 0 Å². The van der Waals surface area contributed by atoms with Gasteiger partial charge >= 0.3 is 0 Å². The Morgan fingerprint density at radius 2 is 2.32 bits per heavy atom. The van der Waals surface area contributed by atoms with Crippen molar-refractivity contribution in [3.63, 3.8) is 0 Å². The Morgan fingerprint density at radius 1 is 1.47 bits per heavy atom. The highest BCUT2D eigenvalue weighted by molar-refractivity contribution is 5.88. The zero-order valence-corrected chi connectivity index (χ0v) is 11.2. The third-order valence-electron chi connectivity index (χ3n) is 3.68. The third kappa shape index (κ3) is 2.16. The molecule has 0 bridgehead atoms. The van der Waals surface area contributed by atoms with Crippen molar-refractivity contribution in [2.24, 2.45) is 4.99 Å². The van der Waals surface area contributed by atoms with Gasteiger partial charge in [0.1, 0.15) is 5.76 Å². The van der Waals surface area contributed by atoms with Gasteiger partial charge in [-0.05, 0) is 0 Å². The summed E-state index contributed by atoms with van der Waals surface area (Å²) in [5.74, 6) is 2.63. The van der Waals surface area contributed by atoms with Crippen LogP contribution >= 0.6 is 0 Å². The number of nitrogens with zero attached hydrogens (tertiary/aromatic N) is 2. The topological polar surface area (TPSA) is 28.7 Å². The first-order valence-corrected chi connectivity index (χ1v) is 6.61. The lowest BCUT2D eigenvalue weighted by Gasteiger charge is -2.11. The predicted molar refractivity (Wildman–Crippen MR) is 78.7 cm³/mol. The second kappa shape index (κ2) is 4.92. The molecule has 1 aliphatic heterocycles. The Morgan fingerprint density at radius 3 is 3.16 bits per heavy atom. The predicted octanol–water partition coefficient (Wildman–Crippen LogP) is 3.44. The summed E-state index contributed by atoms with van der Waals surface area (Å²) < 4.78 is 5.80. The zero-order valence-electron chi connectivity index (χ0n) is 11.2. The molecule has 2 aromatic rings. The van der Waals surface area contributed by atoms with Gasteiger partial charge in [0, 0.05) is 36.7 Å². The van der Waals surface area contributed by atoms with E-state index in [1.165, 1.54) is 10.8 Å². The Balaban J connectivity index is 1.90.